The Morgan fingerprint density at radius 2 is 2.20 bits per heavy atom. The lowest BCUT2D eigenvalue weighted by atomic mass is 10.1. The second kappa shape index (κ2) is 6.67. The van der Waals surface area contributed by atoms with Crippen LogP contribution in [0.25, 0.3) is 0 Å². The fourth-order valence-electron chi connectivity index (χ4n) is 2.02. The summed E-state index contributed by atoms with van der Waals surface area (Å²) in [6.45, 7) is 3.54. The van der Waals surface area contributed by atoms with Gasteiger partial charge in [0.15, 0.2) is 6.61 Å². The Labute approximate surface area is 116 Å². The van der Waals surface area contributed by atoms with E-state index in [1.165, 1.54) is 25.1 Å². The number of benzene rings is 1. The van der Waals surface area contributed by atoms with Crippen LogP contribution in [0.2, 0.25) is 0 Å². The quantitative estimate of drug-likeness (QED) is 0.899. The molecule has 1 N–H and O–H groups in total. The SMILES string of the molecule is C[C@H](O)c1cc(F)ccc1OCC(=O)N1CCOCC1. The zero-order valence-electron chi connectivity index (χ0n) is 11.3. The van der Waals surface area contributed by atoms with Gasteiger partial charge in [0.25, 0.3) is 5.91 Å². The van der Waals surface area contributed by atoms with Crippen molar-refractivity contribution in [1.29, 1.82) is 0 Å². The molecule has 0 spiro atoms. The first kappa shape index (κ1) is 14.7. The summed E-state index contributed by atoms with van der Waals surface area (Å²) in [6, 6.07) is 3.86. The van der Waals surface area contributed by atoms with Crippen molar-refractivity contribution in [2.75, 3.05) is 32.9 Å². The largest absolute Gasteiger partial charge is 0.483 e. The molecule has 1 aromatic rings. The first-order valence-corrected chi connectivity index (χ1v) is 6.54. The average molecular weight is 283 g/mol. The molecule has 1 amide bonds. The fraction of sp³-hybridized carbons (Fsp3) is 0.500. The molecule has 110 valence electrons. The molecule has 20 heavy (non-hydrogen) atoms. The Hall–Kier alpha value is -1.66. The summed E-state index contributed by atoms with van der Waals surface area (Å²) in [6.07, 6.45) is -0.862. The number of ether oxygens (including phenoxy) is 2. The molecule has 0 aromatic heterocycles. The Balaban J connectivity index is 1.98. The van der Waals surface area contributed by atoms with E-state index in [0.717, 1.165) is 0 Å². The third-order valence-corrected chi connectivity index (χ3v) is 3.14. The van der Waals surface area contributed by atoms with E-state index in [-0.39, 0.29) is 12.5 Å². The molecule has 5 nitrogen and oxygen atoms in total. The fourth-order valence-corrected chi connectivity index (χ4v) is 2.02. The Morgan fingerprint density at radius 3 is 2.85 bits per heavy atom. The van der Waals surface area contributed by atoms with Gasteiger partial charge in [0.2, 0.25) is 0 Å². The van der Waals surface area contributed by atoms with Gasteiger partial charge in [0.1, 0.15) is 11.6 Å². The van der Waals surface area contributed by atoms with E-state index in [9.17, 15) is 14.3 Å². The second-order valence-corrected chi connectivity index (χ2v) is 4.64. The highest BCUT2D eigenvalue weighted by atomic mass is 19.1. The Kier molecular flexibility index (Phi) is 4.92. The molecule has 1 atom stereocenters. The van der Waals surface area contributed by atoms with E-state index < -0.39 is 11.9 Å². The van der Waals surface area contributed by atoms with Crippen LogP contribution in [-0.2, 0) is 9.53 Å². The third-order valence-electron chi connectivity index (χ3n) is 3.14. The van der Waals surface area contributed by atoms with Crippen LogP contribution in [0, 0.1) is 5.82 Å². The lowest BCUT2D eigenvalue weighted by Gasteiger charge is -2.27. The molecule has 0 radical (unpaired) electrons. The zero-order chi connectivity index (χ0) is 14.5. The lowest BCUT2D eigenvalue weighted by Crippen LogP contribution is -2.43. The summed E-state index contributed by atoms with van der Waals surface area (Å²) in [5, 5.41) is 9.58. The molecule has 1 fully saturated rings. The van der Waals surface area contributed by atoms with Crippen molar-refractivity contribution >= 4 is 5.91 Å². The van der Waals surface area contributed by atoms with Crippen LogP contribution in [0.15, 0.2) is 18.2 Å². The van der Waals surface area contributed by atoms with Crippen molar-refractivity contribution in [2.45, 2.75) is 13.0 Å². The van der Waals surface area contributed by atoms with Crippen molar-refractivity contribution < 1.29 is 23.8 Å². The van der Waals surface area contributed by atoms with E-state index in [1.54, 1.807) is 4.90 Å². The highest BCUT2D eigenvalue weighted by molar-refractivity contribution is 5.77. The van der Waals surface area contributed by atoms with Crippen LogP contribution in [-0.4, -0.2) is 48.8 Å². The van der Waals surface area contributed by atoms with E-state index >= 15 is 0 Å². The number of carbonyl (C=O) groups is 1. The van der Waals surface area contributed by atoms with Crippen LogP contribution in [0.4, 0.5) is 4.39 Å². The smallest absolute Gasteiger partial charge is 0.260 e. The topological polar surface area (TPSA) is 59.0 Å². The molecular weight excluding hydrogens is 265 g/mol. The van der Waals surface area contributed by atoms with Crippen molar-refractivity contribution in [3.8, 4) is 5.75 Å². The van der Waals surface area contributed by atoms with Gasteiger partial charge in [-0.15, -0.1) is 0 Å². The number of halogens is 1. The summed E-state index contributed by atoms with van der Waals surface area (Å²) < 4.78 is 23.7. The maximum absolute atomic E-state index is 13.1. The third kappa shape index (κ3) is 3.68. The minimum absolute atomic E-state index is 0.134. The number of aliphatic hydroxyl groups is 1. The number of nitrogens with zero attached hydrogens (tertiary/aromatic N) is 1. The molecule has 1 aromatic carbocycles. The van der Waals surface area contributed by atoms with Gasteiger partial charge in [-0.25, -0.2) is 4.39 Å². The van der Waals surface area contributed by atoms with Crippen molar-refractivity contribution in [1.82, 2.24) is 4.90 Å². The summed E-state index contributed by atoms with van der Waals surface area (Å²) >= 11 is 0. The maximum Gasteiger partial charge on any atom is 0.260 e. The number of hydrogen-bond acceptors (Lipinski definition) is 4. The Bertz CT molecular complexity index is 472. The molecule has 6 heteroatoms. The van der Waals surface area contributed by atoms with Crippen LogP contribution >= 0.6 is 0 Å². The van der Waals surface area contributed by atoms with Crippen LogP contribution in [0.1, 0.15) is 18.6 Å². The predicted molar refractivity (Wildman–Crippen MR) is 69.9 cm³/mol. The number of carbonyl (C=O) groups excluding carboxylic acids is 1. The zero-order valence-corrected chi connectivity index (χ0v) is 11.3. The number of rotatable bonds is 4. The van der Waals surface area contributed by atoms with E-state index in [1.807, 2.05) is 0 Å². The van der Waals surface area contributed by atoms with E-state index in [4.69, 9.17) is 9.47 Å². The standard InChI is InChI=1S/C14H18FNO4/c1-10(17)12-8-11(15)2-3-13(12)20-9-14(18)16-4-6-19-7-5-16/h2-3,8,10,17H,4-7,9H2,1H3/t10-/m0/s1. The van der Waals surface area contributed by atoms with Gasteiger partial charge in [-0.3, -0.25) is 4.79 Å². The highest BCUT2D eigenvalue weighted by Crippen LogP contribution is 2.26. The maximum atomic E-state index is 13.1. The summed E-state index contributed by atoms with van der Waals surface area (Å²) in [7, 11) is 0. The molecule has 0 aliphatic carbocycles. The van der Waals surface area contributed by atoms with Gasteiger partial charge in [0, 0.05) is 18.7 Å². The lowest BCUT2D eigenvalue weighted by molar-refractivity contribution is -0.137. The minimum Gasteiger partial charge on any atom is -0.483 e. The molecule has 0 unspecified atom stereocenters. The molecule has 1 aliphatic rings. The van der Waals surface area contributed by atoms with Gasteiger partial charge in [0.05, 0.1) is 19.3 Å². The second-order valence-electron chi connectivity index (χ2n) is 4.64. The van der Waals surface area contributed by atoms with Gasteiger partial charge in [-0.05, 0) is 25.1 Å². The van der Waals surface area contributed by atoms with Crippen LogP contribution in [0.3, 0.4) is 0 Å². The van der Waals surface area contributed by atoms with Crippen LogP contribution < -0.4 is 4.74 Å². The molecule has 1 saturated heterocycles. The van der Waals surface area contributed by atoms with Gasteiger partial charge in [-0.1, -0.05) is 0 Å². The Morgan fingerprint density at radius 1 is 1.50 bits per heavy atom. The number of morpholine rings is 1. The van der Waals surface area contributed by atoms with E-state index in [2.05, 4.69) is 0 Å². The monoisotopic (exact) mass is 283 g/mol. The number of amides is 1. The average Bonchev–Trinajstić information content (AvgIpc) is 2.46. The predicted octanol–water partition coefficient (Wildman–Crippen LogP) is 1.12. The molecule has 0 saturated carbocycles. The van der Waals surface area contributed by atoms with Crippen LogP contribution in [0.5, 0.6) is 5.75 Å². The summed E-state index contributed by atoms with van der Waals surface area (Å²) in [5.41, 5.74) is 0.333. The molecule has 0 bridgehead atoms. The normalized spacial score (nSPS) is 16.9. The molecule has 1 heterocycles. The van der Waals surface area contributed by atoms with Gasteiger partial charge >= 0.3 is 0 Å². The highest BCUT2D eigenvalue weighted by Gasteiger charge is 2.18. The van der Waals surface area contributed by atoms with Gasteiger partial charge < -0.3 is 19.5 Å². The molecule has 1 aliphatic heterocycles. The summed E-state index contributed by atoms with van der Waals surface area (Å²) in [5.74, 6) is -0.273. The molecule has 2 rings (SSSR count). The minimum atomic E-state index is -0.862. The number of hydrogen-bond donors (Lipinski definition) is 1. The number of aliphatic hydroxyl groups excluding tert-OH is 1. The van der Waals surface area contributed by atoms with Crippen molar-refractivity contribution in [3.05, 3.63) is 29.6 Å². The first-order chi connectivity index (χ1) is 9.58. The first-order valence-electron chi connectivity index (χ1n) is 6.54. The van der Waals surface area contributed by atoms with Crippen molar-refractivity contribution in [2.24, 2.45) is 0 Å². The van der Waals surface area contributed by atoms with Gasteiger partial charge in [-0.2, -0.15) is 0 Å². The van der Waals surface area contributed by atoms with Crippen molar-refractivity contribution in [3.63, 3.8) is 0 Å². The molecular formula is C14H18FNO4. The summed E-state index contributed by atoms with van der Waals surface area (Å²) in [4.78, 5) is 13.6. The van der Waals surface area contributed by atoms with E-state index in [0.29, 0.717) is 37.6 Å².